The van der Waals surface area contributed by atoms with Gasteiger partial charge in [-0.3, -0.25) is 9.59 Å². The van der Waals surface area contributed by atoms with E-state index in [0.717, 1.165) is 18.8 Å². The van der Waals surface area contributed by atoms with Crippen LogP contribution in [0.25, 0.3) is 0 Å². The molecule has 0 aromatic heterocycles. The first-order valence-corrected chi connectivity index (χ1v) is 8.96. The Morgan fingerprint density at radius 2 is 1.24 bits per heavy atom. The average molecular weight is 335 g/mol. The first kappa shape index (κ1) is 17.4. The Kier molecular flexibility index (Phi) is 4.76. The van der Waals surface area contributed by atoms with Crippen molar-refractivity contribution in [1.29, 1.82) is 0 Å². The summed E-state index contributed by atoms with van der Waals surface area (Å²) in [6.07, 6.45) is 0. The van der Waals surface area contributed by atoms with Crippen LogP contribution in [0.5, 0.6) is 0 Å². The molecule has 0 unspecified atom stereocenters. The molecule has 130 valence electrons. The maximum Gasteiger partial charge on any atom is 0.196 e. The van der Waals surface area contributed by atoms with Crippen molar-refractivity contribution in [3.8, 4) is 0 Å². The molecule has 25 heavy (non-hydrogen) atoms. The van der Waals surface area contributed by atoms with Crippen molar-refractivity contribution in [3.63, 3.8) is 0 Å². The van der Waals surface area contributed by atoms with Gasteiger partial charge >= 0.3 is 0 Å². The number of nitrogens with zero attached hydrogens (tertiary/aromatic N) is 1. The second kappa shape index (κ2) is 6.83. The SMILES string of the molecule is CC(C)CN(CC(C)C)c1cccc2c1C(=O)c1ccccc1C2=O. The minimum atomic E-state index is -0.0545. The summed E-state index contributed by atoms with van der Waals surface area (Å²) in [6, 6.07) is 12.8. The van der Waals surface area contributed by atoms with Gasteiger partial charge in [0.1, 0.15) is 0 Å². The third-order valence-electron chi connectivity index (χ3n) is 4.44. The van der Waals surface area contributed by atoms with Gasteiger partial charge in [-0.25, -0.2) is 0 Å². The van der Waals surface area contributed by atoms with Crippen molar-refractivity contribution in [2.24, 2.45) is 11.8 Å². The summed E-state index contributed by atoms with van der Waals surface area (Å²) in [5.41, 5.74) is 3.00. The summed E-state index contributed by atoms with van der Waals surface area (Å²) in [4.78, 5) is 28.3. The summed E-state index contributed by atoms with van der Waals surface area (Å²) in [5.74, 6) is 0.840. The Hall–Kier alpha value is -2.42. The highest BCUT2D eigenvalue weighted by Crippen LogP contribution is 2.34. The molecule has 0 spiro atoms. The molecule has 2 aromatic carbocycles. The fourth-order valence-corrected chi connectivity index (χ4v) is 3.54. The molecule has 3 rings (SSSR count). The maximum absolute atomic E-state index is 13.2. The quantitative estimate of drug-likeness (QED) is 0.685. The summed E-state index contributed by atoms with van der Waals surface area (Å²) < 4.78 is 0. The first-order chi connectivity index (χ1) is 11.9. The normalized spacial score (nSPS) is 13.2. The Morgan fingerprint density at radius 1 is 0.720 bits per heavy atom. The van der Waals surface area contributed by atoms with Gasteiger partial charge in [-0.2, -0.15) is 0 Å². The van der Waals surface area contributed by atoms with E-state index in [1.54, 1.807) is 18.2 Å². The number of anilines is 1. The van der Waals surface area contributed by atoms with E-state index in [9.17, 15) is 9.59 Å². The highest BCUT2D eigenvalue weighted by Gasteiger charge is 2.32. The van der Waals surface area contributed by atoms with Crippen LogP contribution in [0, 0.1) is 11.8 Å². The molecule has 2 aromatic rings. The Labute approximate surface area is 149 Å². The van der Waals surface area contributed by atoms with E-state index in [1.165, 1.54) is 0 Å². The van der Waals surface area contributed by atoms with Gasteiger partial charge in [0, 0.05) is 35.5 Å². The molecule has 0 bridgehead atoms. The second-order valence-electron chi connectivity index (χ2n) is 7.60. The third kappa shape index (κ3) is 3.23. The zero-order valence-electron chi connectivity index (χ0n) is 15.4. The molecule has 0 aliphatic heterocycles. The van der Waals surface area contributed by atoms with E-state index in [4.69, 9.17) is 0 Å². The zero-order valence-corrected chi connectivity index (χ0v) is 15.4. The number of fused-ring (bicyclic) bond motifs is 2. The van der Waals surface area contributed by atoms with Gasteiger partial charge < -0.3 is 4.90 Å². The Bertz CT molecular complexity index is 811. The van der Waals surface area contributed by atoms with E-state index < -0.39 is 0 Å². The lowest BCUT2D eigenvalue weighted by Crippen LogP contribution is -2.34. The fourth-order valence-electron chi connectivity index (χ4n) is 3.54. The molecule has 0 fully saturated rings. The van der Waals surface area contributed by atoms with Crippen LogP contribution in [0.1, 0.15) is 59.5 Å². The van der Waals surface area contributed by atoms with Crippen molar-refractivity contribution < 1.29 is 9.59 Å². The number of hydrogen-bond donors (Lipinski definition) is 0. The highest BCUT2D eigenvalue weighted by atomic mass is 16.1. The maximum atomic E-state index is 13.2. The number of hydrogen-bond acceptors (Lipinski definition) is 3. The molecule has 0 saturated carbocycles. The van der Waals surface area contributed by atoms with Gasteiger partial charge in [-0.15, -0.1) is 0 Å². The molecule has 0 N–H and O–H groups in total. The molecule has 0 heterocycles. The van der Waals surface area contributed by atoms with Crippen molar-refractivity contribution >= 4 is 17.3 Å². The van der Waals surface area contributed by atoms with Crippen LogP contribution in [0.4, 0.5) is 5.69 Å². The van der Waals surface area contributed by atoms with Crippen LogP contribution >= 0.6 is 0 Å². The van der Waals surface area contributed by atoms with Crippen LogP contribution in [0.15, 0.2) is 42.5 Å². The molecule has 0 saturated heterocycles. The zero-order chi connectivity index (χ0) is 18.1. The summed E-state index contributed by atoms with van der Waals surface area (Å²) >= 11 is 0. The molecular weight excluding hydrogens is 310 g/mol. The van der Waals surface area contributed by atoms with Crippen molar-refractivity contribution in [2.75, 3.05) is 18.0 Å². The molecule has 3 heteroatoms. The van der Waals surface area contributed by atoms with Crippen LogP contribution in [0.2, 0.25) is 0 Å². The molecule has 1 aliphatic carbocycles. The third-order valence-corrected chi connectivity index (χ3v) is 4.44. The standard InChI is InChI=1S/C22H25NO2/c1-14(2)12-23(13-15(3)4)19-11-7-10-18-20(19)22(25)17-9-6-5-8-16(17)21(18)24/h5-11,14-15H,12-13H2,1-4H3. The lowest BCUT2D eigenvalue weighted by Gasteiger charge is -2.32. The Morgan fingerprint density at radius 3 is 1.80 bits per heavy atom. The van der Waals surface area contributed by atoms with Crippen LogP contribution in [0.3, 0.4) is 0 Å². The summed E-state index contributed by atoms with van der Waals surface area (Å²) in [6.45, 7) is 10.4. The minimum absolute atomic E-state index is 0.0432. The second-order valence-corrected chi connectivity index (χ2v) is 7.60. The number of carbonyl (C=O) groups is 2. The minimum Gasteiger partial charge on any atom is -0.370 e. The lowest BCUT2D eigenvalue weighted by molar-refractivity contribution is 0.0979. The number of carbonyl (C=O) groups excluding carboxylic acids is 2. The van der Waals surface area contributed by atoms with Crippen molar-refractivity contribution in [1.82, 2.24) is 0 Å². The van der Waals surface area contributed by atoms with E-state index in [2.05, 4.69) is 32.6 Å². The lowest BCUT2D eigenvalue weighted by atomic mass is 9.83. The molecular formula is C22H25NO2. The number of rotatable bonds is 5. The summed E-state index contributed by atoms with van der Waals surface area (Å²) in [5, 5.41) is 0. The predicted octanol–water partition coefficient (Wildman–Crippen LogP) is 4.58. The summed E-state index contributed by atoms with van der Waals surface area (Å²) in [7, 11) is 0. The van der Waals surface area contributed by atoms with E-state index >= 15 is 0 Å². The van der Waals surface area contributed by atoms with Crippen LogP contribution in [-0.2, 0) is 0 Å². The highest BCUT2D eigenvalue weighted by molar-refractivity contribution is 6.30. The van der Waals surface area contributed by atoms with Crippen LogP contribution < -0.4 is 4.90 Å². The number of benzene rings is 2. The monoisotopic (exact) mass is 335 g/mol. The van der Waals surface area contributed by atoms with Gasteiger partial charge in [-0.05, 0) is 17.9 Å². The van der Waals surface area contributed by atoms with Crippen LogP contribution in [-0.4, -0.2) is 24.7 Å². The van der Waals surface area contributed by atoms with E-state index in [1.807, 2.05) is 24.3 Å². The predicted molar refractivity (Wildman–Crippen MR) is 102 cm³/mol. The van der Waals surface area contributed by atoms with Gasteiger partial charge in [0.25, 0.3) is 0 Å². The first-order valence-electron chi connectivity index (χ1n) is 8.96. The van der Waals surface area contributed by atoms with E-state index in [-0.39, 0.29) is 11.6 Å². The largest absolute Gasteiger partial charge is 0.370 e. The smallest absolute Gasteiger partial charge is 0.196 e. The molecule has 0 atom stereocenters. The van der Waals surface area contributed by atoms with Gasteiger partial charge in [-0.1, -0.05) is 64.1 Å². The van der Waals surface area contributed by atoms with Gasteiger partial charge in [0.15, 0.2) is 11.6 Å². The molecule has 3 nitrogen and oxygen atoms in total. The molecule has 1 aliphatic rings. The average Bonchev–Trinajstić information content (AvgIpc) is 2.57. The van der Waals surface area contributed by atoms with Gasteiger partial charge in [0.05, 0.1) is 5.56 Å². The fraction of sp³-hybridized carbons (Fsp3) is 0.364. The van der Waals surface area contributed by atoms with Gasteiger partial charge in [0.2, 0.25) is 0 Å². The van der Waals surface area contributed by atoms with Crippen molar-refractivity contribution in [3.05, 3.63) is 64.7 Å². The molecule has 0 radical (unpaired) electrons. The van der Waals surface area contributed by atoms with Crippen molar-refractivity contribution in [2.45, 2.75) is 27.7 Å². The molecule has 0 amide bonds. The number of ketones is 2. The van der Waals surface area contributed by atoms with E-state index in [0.29, 0.717) is 34.1 Å². The topological polar surface area (TPSA) is 37.4 Å². The Balaban J connectivity index is 2.15.